The van der Waals surface area contributed by atoms with E-state index in [-0.39, 0.29) is 12.1 Å². The molecule has 23 heavy (non-hydrogen) atoms. The lowest BCUT2D eigenvalue weighted by atomic mass is 10.1. The molecule has 2 rings (SSSR count). The second-order valence-corrected chi connectivity index (χ2v) is 5.80. The van der Waals surface area contributed by atoms with Crippen LogP contribution < -0.4 is 20.1 Å². The number of amides is 2. The lowest BCUT2D eigenvalue weighted by Crippen LogP contribution is -2.31. The Hall–Kier alpha value is -2.21. The Labute approximate surface area is 144 Å². The summed E-state index contributed by atoms with van der Waals surface area (Å²) in [6.45, 7) is 1.92. The average Bonchev–Trinajstić information content (AvgIpc) is 2.54. The summed E-state index contributed by atoms with van der Waals surface area (Å²) in [4.78, 5) is 12.2. The Bertz CT molecular complexity index is 669. The van der Waals surface area contributed by atoms with Crippen molar-refractivity contribution in [2.24, 2.45) is 0 Å². The number of benzene rings is 2. The third-order valence-electron chi connectivity index (χ3n) is 3.33. The van der Waals surface area contributed by atoms with Crippen LogP contribution in [0.25, 0.3) is 0 Å². The summed E-state index contributed by atoms with van der Waals surface area (Å²) in [5.74, 6) is 1.22. The zero-order valence-corrected chi connectivity index (χ0v) is 14.8. The van der Waals surface area contributed by atoms with Crippen molar-refractivity contribution < 1.29 is 14.3 Å². The first-order valence-electron chi connectivity index (χ1n) is 7.08. The SMILES string of the molecule is COc1cc(NC(=O)NC(C)c2ccccc2Br)cc(OC)c1. The molecule has 2 amide bonds. The Morgan fingerprint density at radius 3 is 2.26 bits per heavy atom. The largest absolute Gasteiger partial charge is 0.497 e. The zero-order valence-electron chi connectivity index (χ0n) is 13.2. The first kappa shape index (κ1) is 17.1. The van der Waals surface area contributed by atoms with Crippen LogP contribution in [0.4, 0.5) is 10.5 Å². The van der Waals surface area contributed by atoms with Gasteiger partial charge in [0.25, 0.3) is 0 Å². The van der Waals surface area contributed by atoms with Crippen LogP contribution in [-0.4, -0.2) is 20.3 Å². The number of halogens is 1. The standard InChI is InChI=1S/C17H19BrN2O3/c1-11(15-6-4-5-7-16(15)18)19-17(21)20-12-8-13(22-2)10-14(9-12)23-3/h4-11H,1-3H3,(H2,19,20,21). The molecule has 122 valence electrons. The lowest BCUT2D eigenvalue weighted by Gasteiger charge is -2.17. The molecule has 0 aliphatic rings. The quantitative estimate of drug-likeness (QED) is 0.812. The molecule has 0 aromatic heterocycles. The highest BCUT2D eigenvalue weighted by Crippen LogP contribution is 2.26. The zero-order chi connectivity index (χ0) is 16.8. The van der Waals surface area contributed by atoms with Crippen LogP contribution in [0.5, 0.6) is 11.5 Å². The molecule has 1 unspecified atom stereocenters. The third kappa shape index (κ3) is 4.63. The van der Waals surface area contributed by atoms with Gasteiger partial charge in [0.1, 0.15) is 11.5 Å². The van der Waals surface area contributed by atoms with E-state index < -0.39 is 0 Å². The van der Waals surface area contributed by atoms with Gasteiger partial charge in [-0.05, 0) is 18.6 Å². The minimum absolute atomic E-state index is 0.141. The Morgan fingerprint density at radius 1 is 1.09 bits per heavy atom. The predicted octanol–water partition coefficient (Wildman–Crippen LogP) is 4.35. The summed E-state index contributed by atoms with van der Waals surface area (Å²) in [5.41, 5.74) is 1.60. The number of anilines is 1. The fourth-order valence-corrected chi connectivity index (χ4v) is 2.78. The molecule has 0 spiro atoms. The minimum Gasteiger partial charge on any atom is -0.497 e. The van der Waals surface area contributed by atoms with Gasteiger partial charge in [0.2, 0.25) is 0 Å². The van der Waals surface area contributed by atoms with Crippen molar-refractivity contribution in [2.45, 2.75) is 13.0 Å². The maximum absolute atomic E-state index is 12.2. The molecule has 0 radical (unpaired) electrons. The van der Waals surface area contributed by atoms with E-state index in [0.29, 0.717) is 17.2 Å². The smallest absolute Gasteiger partial charge is 0.319 e. The molecular weight excluding hydrogens is 360 g/mol. The fourth-order valence-electron chi connectivity index (χ4n) is 2.15. The van der Waals surface area contributed by atoms with E-state index in [1.54, 1.807) is 32.4 Å². The highest BCUT2D eigenvalue weighted by atomic mass is 79.9. The van der Waals surface area contributed by atoms with Crippen molar-refractivity contribution in [1.29, 1.82) is 0 Å². The third-order valence-corrected chi connectivity index (χ3v) is 4.05. The molecule has 5 nitrogen and oxygen atoms in total. The molecule has 0 aliphatic carbocycles. The second-order valence-electron chi connectivity index (χ2n) is 4.94. The summed E-state index contributed by atoms with van der Waals surface area (Å²) < 4.78 is 11.3. The van der Waals surface area contributed by atoms with Crippen molar-refractivity contribution in [3.8, 4) is 11.5 Å². The number of carbonyl (C=O) groups is 1. The molecule has 1 atom stereocenters. The van der Waals surface area contributed by atoms with Crippen LogP contribution in [0.15, 0.2) is 46.9 Å². The molecule has 0 fully saturated rings. The van der Waals surface area contributed by atoms with E-state index in [1.165, 1.54) is 0 Å². The van der Waals surface area contributed by atoms with Crippen LogP contribution >= 0.6 is 15.9 Å². The number of methoxy groups -OCH3 is 2. The Kier molecular flexibility index (Phi) is 5.87. The number of carbonyl (C=O) groups excluding carboxylic acids is 1. The number of nitrogens with one attached hydrogen (secondary N) is 2. The van der Waals surface area contributed by atoms with E-state index in [4.69, 9.17) is 9.47 Å². The van der Waals surface area contributed by atoms with Crippen LogP contribution in [0.3, 0.4) is 0 Å². The molecule has 0 saturated heterocycles. The molecule has 2 N–H and O–H groups in total. The van der Waals surface area contributed by atoms with Crippen molar-refractivity contribution in [3.05, 3.63) is 52.5 Å². The molecule has 0 saturated carbocycles. The topological polar surface area (TPSA) is 59.6 Å². The number of hydrogen-bond donors (Lipinski definition) is 2. The molecule has 2 aromatic carbocycles. The monoisotopic (exact) mass is 378 g/mol. The van der Waals surface area contributed by atoms with Crippen LogP contribution in [-0.2, 0) is 0 Å². The van der Waals surface area contributed by atoms with Crippen LogP contribution in [0, 0.1) is 0 Å². The van der Waals surface area contributed by atoms with Gasteiger partial charge in [0, 0.05) is 28.4 Å². The van der Waals surface area contributed by atoms with Gasteiger partial charge in [-0.3, -0.25) is 0 Å². The number of ether oxygens (including phenoxy) is 2. The van der Waals surface area contributed by atoms with Crippen molar-refractivity contribution >= 4 is 27.6 Å². The van der Waals surface area contributed by atoms with E-state index >= 15 is 0 Å². The number of rotatable bonds is 5. The summed E-state index contributed by atoms with van der Waals surface area (Å²) in [7, 11) is 3.13. The second kappa shape index (κ2) is 7.87. The summed E-state index contributed by atoms with van der Waals surface area (Å²) >= 11 is 3.49. The number of urea groups is 1. The molecule has 0 heterocycles. The van der Waals surface area contributed by atoms with Gasteiger partial charge in [-0.25, -0.2) is 4.79 Å². The lowest BCUT2D eigenvalue weighted by molar-refractivity contribution is 0.249. The summed E-state index contributed by atoms with van der Waals surface area (Å²) in [5, 5.41) is 5.68. The van der Waals surface area contributed by atoms with Crippen LogP contribution in [0.2, 0.25) is 0 Å². The van der Waals surface area contributed by atoms with E-state index in [9.17, 15) is 4.79 Å². The normalized spacial score (nSPS) is 11.5. The molecule has 2 aromatic rings. The molecular formula is C17H19BrN2O3. The summed E-state index contributed by atoms with van der Waals surface area (Å²) in [6, 6.07) is 12.5. The van der Waals surface area contributed by atoms with Crippen molar-refractivity contribution in [2.75, 3.05) is 19.5 Å². The van der Waals surface area contributed by atoms with Crippen molar-refractivity contribution in [3.63, 3.8) is 0 Å². The van der Waals surface area contributed by atoms with Gasteiger partial charge < -0.3 is 20.1 Å². The average molecular weight is 379 g/mol. The van der Waals surface area contributed by atoms with Gasteiger partial charge in [-0.2, -0.15) is 0 Å². The highest BCUT2D eigenvalue weighted by molar-refractivity contribution is 9.10. The maximum Gasteiger partial charge on any atom is 0.319 e. The van der Waals surface area contributed by atoms with E-state index in [0.717, 1.165) is 10.0 Å². The van der Waals surface area contributed by atoms with Gasteiger partial charge in [-0.15, -0.1) is 0 Å². The highest BCUT2D eigenvalue weighted by Gasteiger charge is 2.12. The fraction of sp³-hybridized carbons (Fsp3) is 0.235. The predicted molar refractivity (Wildman–Crippen MR) is 94.3 cm³/mol. The Balaban J connectivity index is 2.06. The first-order valence-corrected chi connectivity index (χ1v) is 7.87. The van der Waals surface area contributed by atoms with E-state index in [1.807, 2.05) is 31.2 Å². The molecule has 6 heteroatoms. The summed E-state index contributed by atoms with van der Waals surface area (Å²) in [6.07, 6.45) is 0. The molecule has 0 aliphatic heterocycles. The maximum atomic E-state index is 12.2. The molecule has 0 bridgehead atoms. The first-order chi connectivity index (χ1) is 11.0. The Morgan fingerprint density at radius 2 is 1.70 bits per heavy atom. The van der Waals surface area contributed by atoms with Crippen LogP contribution in [0.1, 0.15) is 18.5 Å². The van der Waals surface area contributed by atoms with Gasteiger partial charge in [0.15, 0.2) is 0 Å². The number of hydrogen-bond acceptors (Lipinski definition) is 3. The van der Waals surface area contributed by atoms with E-state index in [2.05, 4.69) is 26.6 Å². The van der Waals surface area contributed by atoms with Gasteiger partial charge in [0.05, 0.1) is 20.3 Å². The van der Waals surface area contributed by atoms with Gasteiger partial charge >= 0.3 is 6.03 Å². The van der Waals surface area contributed by atoms with Gasteiger partial charge in [-0.1, -0.05) is 34.1 Å². The minimum atomic E-state index is -0.302. The van der Waals surface area contributed by atoms with Crippen molar-refractivity contribution in [1.82, 2.24) is 5.32 Å².